The van der Waals surface area contributed by atoms with Crippen molar-refractivity contribution < 1.29 is 13.2 Å². The fourth-order valence-electron chi connectivity index (χ4n) is 1.58. The number of urea groups is 1. The predicted octanol–water partition coefficient (Wildman–Crippen LogP) is 2.66. The number of halogens is 1. The van der Waals surface area contributed by atoms with Crippen LogP contribution in [0.5, 0.6) is 0 Å². The van der Waals surface area contributed by atoms with E-state index in [0.717, 1.165) is 5.56 Å². The molecule has 0 radical (unpaired) electrons. The molecule has 2 rings (SSSR count). The van der Waals surface area contributed by atoms with Crippen LogP contribution in [0.2, 0.25) is 0 Å². The number of benzene rings is 1. The number of aryl methyl sites for hydroxylation is 1. The molecule has 1 aromatic carbocycles. The monoisotopic (exact) mass is 369 g/mol. The number of anilines is 1. The van der Waals surface area contributed by atoms with Gasteiger partial charge in [0, 0.05) is 10.7 Å². The highest BCUT2D eigenvalue weighted by Gasteiger charge is 2.17. The number of carbonyl (C=O) groups is 1. The minimum atomic E-state index is -3.91. The van der Waals surface area contributed by atoms with Gasteiger partial charge in [0.2, 0.25) is 0 Å². The fourth-order valence-corrected chi connectivity index (χ4v) is 2.93. The molecule has 2 amide bonds. The van der Waals surface area contributed by atoms with E-state index in [4.69, 9.17) is 0 Å². The molecule has 1 aromatic heterocycles. The SMILES string of the molecule is Cc1cccc(S(=O)(=O)NC(=O)Nc2cc(Br)ccn2)c1. The zero-order valence-corrected chi connectivity index (χ0v) is 13.4. The molecule has 0 atom stereocenters. The number of hydrogen-bond acceptors (Lipinski definition) is 4. The summed E-state index contributed by atoms with van der Waals surface area (Å²) in [4.78, 5) is 15.7. The molecule has 2 N–H and O–H groups in total. The number of aromatic nitrogens is 1. The average Bonchev–Trinajstić information content (AvgIpc) is 2.37. The van der Waals surface area contributed by atoms with Crippen LogP contribution < -0.4 is 10.0 Å². The Bertz CT molecular complexity index is 778. The lowest BCUT2D eigenvalue weighted by Crippen LogP contribution is -2.34. The van der Waals surface area contributed by atoms with Gasteiger partial charge in [-0.1, -0.05) is 28.1 Å². The van der Waals surface area contributed by atoms with E-state index in [9.17, 15) is 13.2 Å². The molecule has 2 aromatic rings. The normalized spacial score (nSPS) is 11.0. The molecule has 21 heavy (non-hydrogen) atoms. The summed E-state index contributed by atoms with van der Waals surface area (Å²) >= 11 is 3.23. The Labute approximate surface area is 130 Å². The third-order valence-corrected chi connectivity index (χ3v) is 4.31. The maximum absolute atomic E-state index is 12.1. The van der Waals surface area contributed by atoms with Gasteiger partial charge < -0.3 is 0 Å². The van der Waals surface area contributed by atoms with Crippen LogP contribution in [-0.4, -0.2) is 19.4 Å². The molecule has 0 aliphatic heterocycles. The molecule has 0 saturated carbocycles. The minimum absolute atomic E-state index is 0.0276. The van der Waals surface area contributed by atoms with Crippen LogP contribution >= 0.6 is 15.9 Å². The summed E-state index contributed by atoms with van der Waals surface area (Å²) in [6.07, 6.45) is 1.48. The Balaban J connectivity index is 2.12. The van der Waals surface area contributed by atoms with Gasteiger partial charge in [0.15, 0.2) is 0 Å². The lowest BCUT2D eigenvalue weighted by molar-refractivity contribution is 0.256. The third-order valence-electron chi connectivity index (χ3n) is 2.49. The van der Waals surface area contributed by atoms with Crippen molar-refractivity contribution in [2.45, 2.75) is 11.8 Å². The first-order chi connectivity index (χ1) is 9.87. The van der Waals surface area contributed by atoms with E-state index in [1.807, 2.05) is 4.72 Å². The largest absolute Gasteiger partial charge is 0.334 e. The number of nitrogens with zero attached hydrogens (tertiary/aromatic N) is 1. The van der Waals surface area contributed by atoms with Gasteiger partial charge in [-0.05, 0) is 36.8 Å². The van der Waals surface area contributed by atoms with Gasteiger partial charge in [-0.15, -0.1) is 0 Å². The van der Waals surface area contributed by atoms with Crippen LogP contribution in [0.1, 0.15) is 5.56 Å². The van der Waals surface area contributed by atoms with Gasteiger partial charge >= 0.3 is 6.03 Å². The summed E-state index contributed by atoms with van der Waals surface area (Å²) in [5.74, 6) is 0.237. The highest BCUT2D eigenvalue weighted by Crippen LogP contribution is 2.13. The number of rotatable bonds is 3. The molecule has 0 fully saturated rings. The first-order valence-corrected chi connectivity index (χ1v) is 8.16. The molecule has 0 bridgehead atoms. The summed E-state index contributed by atoms with van der Waals surface area (Å²) in [6, 6.07) is 8.64. The van der Waals surface area contributed by atoms with Crippen molar-refractivity contribution in [3.63, 3.8) is 0 Å². The number of sulfonamides is 1. The molecule has 110 valence electrons. The van der Waals surface area contributed by atoms with Crippen LogP contribution in [0, 0.1) is 6.92 Å². The van der Waals surface area contributed by atoms with Gasteiger partial charge in [-0.25, -0.2) is 22.9 Å². The number of pyridine rings is 1. The quantitative estimate of drug-likeness (QED) is 0.870. The Hall–Kier alpha value is -1.93. The van der Waals surface area contributed by atoms with Crippen molar-refractivity contribution in [2.24, 2.45) is 0 Å². The summed E-state index contributed by atoms with van der Waals surface area (Å²) in [5.41, 5.74) is 0.784. The lowest BCUT2D eigenvalue weighted by Gasteiger charge is -2.08. The summed E-state index contributed by atoms with van der Waals surface area (Å²) in [5, 5.41) is 2.35. The predicted molar refractivity (Wildman–Crippen MR) is 82.5 cm³/mol. The molecule has 0 spiro atoms. The van der Waals surface area contributed by atoms with E-state index in [1.54, 1.807) is 31.2 Å². The van der Waals surface area contributed by atoms with E-state index < -0.39 is 16.1 Å². The first-order valence-electron chi connectivity index (χ1n) is 5.89. The highest BCUT2D eigenvalue weighted by atomic mass is 79.9. The maximum atomic E-state index is 12.1. The fraction of sp³-hybridized carbons (Fsp3) is 0.0769. The Morgan fingerprint density at radius 1 is 1.24 bits per heavy atom. The molecule has 0 unspecified atom stereocenters. The van der Waals surface area contributed by atoms with Crippen molar-refractivity contribution >= 4 is 37.8 Å². The molecule has 0 aliphatic carbocycles. The standard InChI is InChI=1S/C13H12BrN3O3S/c1-9-3-2-4-11(7-9)21(19,20)17-13(18)16-12-8-10(14)5-6-15-12/h2-8H,1H3,(H2,15,16,17,18). The molecule has 0 aliphatic rings. The summed E-state index contributed by atoms with van der Waals surface area (Å²) in [7, 11) is -3.91. The first kappa shape index (κ1) is 15.5. The molecular formula is C13H12BrN3O3S. The Morgan fingerprint density at radius 3 is 2.67 bits per heavy atom. The summed E-state index contributed by atoms with van der Waals surface area (Å²) < 4.78 is 26.8. The zero-order chi connectivity index (χ0) is 15.5. The second kappa shape index (κ2) is 6.23. The average molecular weight is 370 g/mol. The van der Waals surface area contributed by atoms with Crippen molar-refractivity contribution in [1.82, 2.24) is 9.71 Å². The number of nitrogens with one attached hydrogen (secondary N) is 2. The third kappa shape index (κ3) is 4.27. The summed E-state index contributed by atoms with van der Waals surface area (Å²) in [6.45, 7) is 1.77. The minimum Gasteiger partial charge on any atom is -0.291 e. The molecule has 1 heterocycles. The second-order valence-electron chi connectivity index (χ2n) is 4.24. The van der Waals surface area contributed by atoms with E-state index in [2.05, 4.69) is 26.2 Å². The van der Waals surface area contributed by atoms with Crippen LogP contribution in [0.15, 0.2) is 52.0 Å². The Morgan fingerprint density at radius 2 is 2.00 bits per heavy atom. The van der Waals surface area contributed by atoms with E-state index in [0.29, 0.717) is 4.47 Å². The molecule has 8 heteroatoms. The van der Waals surface area contributed by atoms with Crippen molar-refractivity contribution in [1.29, 1.82) is 0 Å². The lowest BCUT2D eigenvalue weighted by atomic mass is 10.2. The zero-order valence-electron chi connectivity index (χ0n) is 11.0. The van der Waals surface area contributed by atoms with Crippen molar-refractivity contribution in [2.75, 3.05) is 5.32 Å². The van der Waals surface area contributed by atoms with Gasteiger partial charge in [0.25, 0.3) is 10.0 Å². The van der Waals surface area contributed by atoms with Crippen molar-refractivity contribution in [3.8, 4) is 0 Å². The maximum Gasteiger partial charge on any atom is 0.334 e. The van der Waals surface area contributed by atoms with E-state index in [1.165, 1.54) is 18.3 Å². The number of carbonyl (C=O) groups excluding carboxylic acids is 1. The van der Waals surface area contributed by atoms with Gasteiger partial charge in [-0.2, -0.15) is 0 Å². The number of hydrogen-bond donors (Lipinski definition) is 2. The van der Waals surface area contributed by atoms with Crippen LogP contribution in [0.3, 0.4) is 0 Å². The van der Waals surface area contributed by atoms with Gasteiger partial charge in [0.1, 0.15) is 5.82 Å². The topological polar surface area (TPSA) is 88.2 Å². The van der Waals surface area contributed by atoms with E-state index >= 15 is 0 Å². The van der Waals surface area contributed by atoms with E-state index in [-0.39, 0.29) is 10.7 Å². The van der Waals surface area contributed by atoms with Crippen LogP contribution in [0.25, 0.3) is 0 Å². The molecular weight excluding hydrogens is 358 g/mol. The van der Waals surface area contributed by atoms with Gasteiger partial charge in [0.05, 0.1) is 4.90 Å². The van der Waals surface area contributed by atoms with Gasteiger partial charge in [-0.3, -0.25) is 5.32 Å². The molecule has 6 nitrogen and oxygen atoms in total. The van der Waals surface area contributed by atoms with Crippen molar-refractivity contribution in [3.05, 3.63) is 52.6 Å². The number of amides is 2. The second-order valence-corrected chi connectivity index (χ2v) is 6.83. The Kier molecular flexibility index (Phi) is 4.59. The smallest absolute Gasteiger partial charge is 0.291 e. The van der Waals surface area contributed by atoms with Crippen LogP contribution in [-0.2, 0) is 10.0 Å². The molecule has 0 saturated heterocycles. The van der Waals surface area contributed by atoms with Crippen LogP contribution in [0.4, 0.5) is 10.6 Å². The highest BCUT2D eigenvalue weighted by molar-refractivity contribution is 9.10.